The van der Waals surface area contributed by atoms with Crippen molar-refractivity contribution in [2.24, 2.45) is 5.92 Å². The number of carbonyl (C=O) groups is 1. The van der Waals surface area contributed by atoms with Gasteiger partial charge in [-0.05, 0) is 36.5 Å². The minimum Gasteiger partial charge on any atom is -0.494 e. The van der Waals surface area contributed by atoms with Crippen molar-refractivity contribution in [3.8, 4) is 5.75 Å². The first-order valence-corrected chi connectivity index (χ1v) is 9.74. The van der Waals surface area contributed by atoms with Crippen molar-refractivity contribution < 1.29 is 17.9 Å². The zero-order valence-corrected chi connectivity index (χ0v) is 14.2. The molecule has 2 rings (SSSR count). The average Bonchev–Trinajstić information content (AvgIpc) is 2.88. The summed E-state index contributed by atoms with van der Waals surface area (Å²) >= 11 is 0. The normalized spacial score (nSPS) is 19.3. The molecule has 0 spiro atoms. The van der Waals surface area contributed by atoms with E-state index >= 15 is 0 Å². The second-order valence-corrected chi connectivity index (χ2v) is 8.06. The SMILES string of the molecule is CCCOc1cccc(CNC(=O)NCC2CCS(=O)(=O)C2)c1. The topological polar surface area (TPSA) is 84.5 Å². The number of hydrogen-bond donors (Lipinski definition) is 2. The third kappa shape index (κ3) is 6.09. The largest absolute Gasteiger partial charge is 0.494 e. The van der Waals surface area contributed by atoms with Crippen LogP contribution in [0.4, 0.5) is 4.79 Å². The summed E-state index contributed by atoms with van der Waals surface area (Å²) in [6.45, 7) is 3.51. The summed E-state index contributed by atoms with van der Waals surface area (Å²) in [5, 5.41) is 5.51. The molecule has 2 amide bonds. The van der Waals surface area contributed by atoms with Gasteiger partial charge in [-0.3, -0.25) is 0 Å². The van der Waals surface area contributed by atoms with Gasteiger partial charge in [-0.15, -0.1) is 0 Å². The maximum absolute atomic E-state index is 11.8. The first kappa shape index (κ1) is 17.6. The molecule has 1 unspecified atom stereocenters. The molecule has 2 N–H and O–H groups in total. The van der Waals surface area contributed by atoms with Crippen LogP contribution in [0.15, 0.2) is 24.3 Å². The van der Waals surface area contributed by atoms with Gasteiger partial charge in [0.05, 0.1) is 18.1 Å². The van der Waals surface area contributed by atoms with Gasteiger partial charge in [0.1, 0.15) is 5.75 Å². The fraction of sp³-hybridized carbons (Fsp3) is 0.562. The van der Waals surface area contributed by atoms with Crippen molar-refractivity contribution in [1.82, 2.24) is 10.6 Å². The maximum atomic E-state index is 11.8. The molecule has 0 aromatic heterocycles. The summed E-state index contributed by atoms with van der Waals surface area (Å²) in [5.41, 5.74) is 0.956. The van der Waals surface area contributed by atoms with Gasteiger partial charge in [0.15, 0.2) is 9.84 Å². The minimum absolute atomic E-state index is 0.0246. The fourth-order valence-electron chi connectivity index (χ4n) is 2.48. The second-order valence-electron chi connectivity index (χ2n) is 5.83. The Morgan fingerprint density at radius 1 is 1.35 bits per heavy atom. The predicted molar refractivity (Wildman–Crippen MR) is 89.2 cm³/mol. The highest BCUT2D eigenvalue weighted by Gasteiger charge is 2.27. The highest BCUT2D eigenvalue weighted by Crippen LogP contribution is 2.17. The van der Waals surface area contributed by atoms with Crippen LogP contribution < -0.4 is 15.4 Å². The smallest absolute Gasteiger partial charge is 0.315 e. The van der Waals surface area contributed by atoms with Crippen molar-refractivity contribution >= 4 is 15.9 Å². The number of carbonyl (C=O) groups excluding carboxylic acids is 1. The van der Waals surface area contributed by atoms with Crippen LogP contribution in [0.2, 0.25) is 0 Å². The Hall–Kier alpha value is -1.76. The summed E-state index contributed by atoms with van der Waals surface area (Å²) in [5.74, 6) is 1.22. The summed E-state index contributed by atoms with van der Waals surface area (Å²) in [6.07, 6.45) is 1.57. The lowest BCUT2D eigenvalue weighted by atomic mass is 10.1. The van der Waals surface area contributed by atoms with E-state index < -0.39 is 9.84 Å². The van der Waals surface area contributed by atoms with Crippen LogP contribution in [-0.4, -0.2) is 39.1 Å². The van der Waals surface area contributed by atoms with Crippen LogP contribution in [-0.2, 0) is 16.4 Å². The predicted octanol–water partition coefficient (Wildman–Crippen LogP) is 1.71. The molecule has 0 radical (unpaired) electrons. The zero-order chi connectivity index (χ0) is 16.7. The van der Waals surface area contributed by atoms with Crippen molar-refractivity contribution in [2.45, 2.75) is 26.3 Å². The van der Waals surface area contributed by atoms with Crippen LogP contribution in [0, 0.1) is 5.92 Å². The summed E-state index contributed by atoms with van der Waals surface area (Å²) in [7, 11) is -2.90. The Morgan fingerprint density at radius 2 is 2.17 bits per heavy atom. The molecule has 1 fully saturated rings. The van der Waals surface area contributed by atoms with E-state index in [9.17, 15) is 13.2 Å². The van der Waals surface area contributed by atoms with Crippen molar-refractivity contribution in [3.63, 3.8) is 0 Å². The number of benzene rings is 1. The summed E-state index contributed by atoms with van der Waals surface area (Å²) in [4.78, 5) is 11.8. The van der Waals surface area contributed by atoms with E-state index in [0.29, 0.717) is 26.1 Å². The lowest BCUT2D eigenvalue weighted by molar-refractivity contribution is 0.239. The molecule has 1 heterocycles. The Kier molecular flexibility index (Phi) is 6.27. The zero-order valence-electron chi connectivity index (χ0n) is 13.4. The van der Waals surface area contributed by atoms with Gasteiger partial charge in [-0.1, -0.05) is 19.1 Å². The molecule has 0 saturated carbocycles. The van der Waals surface area contributed by atoms with E-state index in [-0.39, 0.29) is 23.5 Å². The first-order valence-electron chi connectivity index (χ1n) is 7.92. The van der Waals surface area contributed by atoms with E-state index in [0.717, 1.165) is 17.7 Å². The standard InChI is InChI=1S/C16H24N2O4S/c1-2-7-22-15-5-3-4-13(9-15)10-17-16(19)18-11-14-6-8-23(20,21)12-14/h3-5,9,14H,2,6-8,10-12H2,1H3,(H2,17,18,19). The first-order chi connectivity index (χ1) is 11.0. The third-order valence-electron chi connectivity index (χ3n) is 3.70. The molecule has 1 saturated heterocycles. The average molecular weight is 340 g/mol. The maximum Gasteiger partial charge on any atom is 0.315 e. The number of amides is 2. The molecule has 1 aliphatic rings. The van der Waals surface area contributed by atoms with E-state index in [4.69, 9.17) is 4.74 Å². The van der Waals surface area contributed by atoms with Crippen LogP contribution in [0.1, 0.15) is 25.3 Å². The van der Waals surface area contributed by atoms with Gasteiger partial charge in [-0.2, -0.15) is 0 Å². The van der Waals surface area contributed by atoms with E-state index in [1.54, 1.807) is 0 Å². The number of hydrogen-bond acceptors (Lipinski definition) is 4. The quantitative estimate of drug-likeness (QED) is 0.791. The van der Waals surface area contributed by atoms with E-state index in [1.807, 2.05) is 31.2 Å². The summed E-state index contributed by atoms with van der Waals surface area (Å²) < 4.78 is 28.3. The molecular weight excluding hydrogens is 316 g/mol. The number of ether oxygens (including phenoxy) is 1. The fourth-order valence-corrected chi connectivity index (χ4v) is 4.34. The van der Waals surface area contributed by atoms with Gasteiger partial charge in [0.25, 0.3) is 0 Å². The second kappa shape index (κ2) is 8.19. The molecule has 0 aliphatic carbocycles. The van der Waals surface area contributed by atoms with Gasteiger partial charge >= 0.3 is 6.03 Å². The highest BCUT2D eigenvalue weighted by molar-refractivity contribution is 7.91. The van der Waals surface area contributed by atoms with Crippen LogP contribution in [0.3, 0.4) is 0 Å². The van der Waals surface area contributed by atoms with E-state index in [1.165, 1.54) is 0 Å². The van der Waals surface area contributed by atoms with Gasteiger partial charge in [-0.25, -0.2) is 13.2 Å². The lowest BCUT2D eigenvalue weighted by Crippen LogP contribution is -2.38. The molecule has 6 nitrogen and oxygen atoms in total. The minimum atomic E-state index is -2.90. The Morgan fingerprint density at radius 3 is 2.87 bits per heavy atom. The van der Waals surface area contributed by atoms with Crippen LogP contribution in [0.25, 0.3) is 0 Å². The van der Waals surface area contributed by atoms with Crippen molar-refractivity contribution in [3.05, 3.63) is 29.8 Å². The Balaban J connectivity index is 1.72. The van der Waals surface area contributed by atoms with Gasteiger partial charge in [0.2, 0.25) is 0 Å². The monoisotopic (exact) mass is 340 g/mol. The molecule has 0 bridgehead atoms. The number of rotatable bonds is 7. The lowest BCUT2D eigenvalue weighted by Gasteiger charge is -2.11. The molecular formula is C16H24N2O4S. The van der Waals surface area contributed by atoms with Crippen molar-refractivity contribution in [1.29, 1.82) is 0 Å². The molecule has 23 heavy (non-hydrogen) atoms. The molecule has 1 aliphatic heterocycles. The Labute approximate surface area is 137 Å². The van der Waals surface area contributed by atoms with Crippen molar-refractivity contribution in [2.75, 3.05) is 24.7 Å². The molecule has 7 heteroatoms. The highest BCUT2D eigenvalue weighted by atomic mass is 32.2. The van der Waals surface area contributed by atoms with Gasteiger partial charge in [0, 0.05) is 13.1 Å². The third-order valence-corrected chi connectivity index (χ3v) is 5.54. The molecule has 1 atom stereocenters. The number of urea groups is 1. The van der Waals surface area contributed by atoms with E-state index in [2.05, 4.69) is 10.6 Å². The molecule has 1 aromatic carbocycles. The number of nitrogens with one attached hydrogen (secondary N) is 2. The molecule has 128 valence electrons. The molecule has 1 aromatic rings. The summed E-state index contributed by atoms with van der Waals surface area (Å²) in [6, 6.07) is 7.32. The Bertz CT molecular complexity index is 631. The number of sulfone groups is 1. The van der Waals surface area contributed by atoms with Crippen LogP contribution in [0.5, 0.6) is 5.75 Å². The van der Waals surface area contributed by atoms with Gasteiger partial charge < -0.3 is 15.4 Å². The van der Waals surface area contributed by atoms with Crippen LogP contribution >= 0.6 is 0 Å².